The molecule has 1 atom stereocenters. The number of benzene rings is 1. The average molecular weight is 328 g/mol. The summed E-state index contributed by atoms with van der Waals surface area (Å²) in [5, 5.41) is 0. The number of hydrogen-bond acceptors (Lipinski definition) is 2. The van der Waals surface area contributed by atoms with Gasteiger partial charge in [-0.3, -0.25) is 0 Å². The SMILES string of the molecule is Cl.N[C@@H](c1cccc(OC(F)(F)C(F)F)c1)C1CCCC1. The summed E-state index contributed by atoms with van der Waals surface area (Å²) in [6.45, 7) is 0. The van der Waals surface area contributed by atoms with E-state index < -0.39 is 12.5 Å². The van der Waals surface area contributed by atoms with Crippen LogP contribution in [0.2, 0.25) is 0 Å². The molecule has 1 aromatic carbocycles. The molecule has 1 fully saturated rings. The van der Waals surface area contributed by atoms with Gasteiger partial charge in [-0.1, -0.05) is 25.0 Å². The first-order chi connectivity index (χ1) is 9.40. The van der Waals surface area contributed by atoms with Gasteiger partial charge in [-0.25, -0.2) is 0 Å². The molecule has 0 radical (unpaired) electrons. The van der Waals surface area contributed by atoms with E-state index in [1.54, 1.807) is 6.07 Å². The van der Waals surface area contributed by atoms with Crippen molar-refractivity contribution in [1.82, 2.24) is 0 Å². The second kappa shape index (κ2) is 7.31. The summed E-state index contributed by atoms with van der Waals surface area (Å²) in [5.41, 5.74) is 6.74. The maximum absolute atomic E-state index is 12.9. The van der Waals surface area contributed by atoms with Gasteiger partial charge in [0.05, 0.1) is 0 Å². The number of ether oxygens (including phenoxy) is 1. The maximum atomic E-state index is 12.9. The fourth-order valence-electron chi connectivity index (χ4n) is 2.58. The third kappa shape index (κ3) is 4.48. The van der Waals surface area contributed by atoms with Crippen LogP contribution in [0.1, 0.15) is 37.3 Å². The van der Waals surface area contributed by atoms with Crippen molar-refractivity contribution in [2.24, 2.45) is 11.7 Å². The van der Waals surface area contributed by atoms with Crippen molar-refractivity contribution in [3.8, 4) is 5.75 Å². The van der Waals surface area contributed by atoms with Crippen LogP contribution in [0.3, 0.4) is 0 Å². The monoisotopic (exact) mass is 327 g/mol. The Morgan fingerprint density at radius 3 is 2.38 bits per heavy atom. The molecule has 0 amide bonds. The second-order valence-electron chi connectivity index (χ2n) is 5.11. The van der Waals surface area contributed by atoms with Gasteiger partial charge in [-0.2, -0.15) is 17.6 Å². The molecule has 2 N–H and O–H groups in total. The van der Waals surface area contributed by atoms with Crippen molar-refractivity contribution in [2.45, 2.75) is 44.3 Å². The molecule has 0 aliphatic heterocycles. The van der Waals surface area contributed by atoms with Gasteiger partial charge in [0.15, 0.2) is 0 Å². The van der Waals surface area contributed by atoms with Crippen molar-refractivity contribution in [3.63, 3.8) is 0 Å². The summed E-state index contributed by atoms with van der Waals surface area (Å²) in [6.07, 6.45) is -4.14. The zero-order chi connectivity index (χ0) is 14.8. The van der Waals surface area contributed by atoms with E-state index in [-0.39, 0.29) is 24.2 Å². The second-order valence-corrected chi connectivity index (χ2v) is 5.11. The van der Waals surface area contributed by atoms with E-state index in [1.807, 2.05) is 0 Å². The molecule has 120 valence electrons. The Kier molecular flexibility index (Phi) is 6.28. The van der Waals surface area contributed by atoms with E-state index in [0.29, 0.717) is 11.5 Å². The topological polar surface area (TPSA) is 35.2 Å². The first-order valence-electron chi connectivity index (χ1n) is 6.60. The molecular formula is C14H18ClF4NO. The van der Waals surface area contributed by atoms with E-state index in [1.165, 1.54) is 18.2 Å². The largest absolute Gasteiger partial charge is 0.461 e. The highest BCUT2D eigenvalue weighted by atomic mass is 35.5. The lowest BCUT2D eigenvalue weighted by Gasteiger charge is -2.21. The van der Waals surface area contributed by atoms with E-state index in [4.69, 9.17) is 5.73 Å². The molecule has 0 spiro atoms. The summed E-state index contributed by atoms with van der Waals surface area (Å²) >= 11 is 0. The number of halogens is 5. The van der Waals surface area contributed by atoms with Crippen LogP contribution in [0.15, 0.2) is 24.3 Å². The van der Waals surface area contributed by atoms with Gasteiger partial charge in [0, 0.05) is 6.04 Å². The average Bonchev–Trinajstić information content (AvgIpc) is 2.91. The molecule has 2 nitrogen and oxygen atoms in total. The highest BCUT2D eigenvalue weighted by Crippen LogP contribution is 2.36. The minimum absolute atomic E-state index is 0. The zero-order valence-electron chi connectivity index (χ0n) is 11.3. The standard InChI is InChI=1S/C14H17F4NO.ClH/c15-13(16)14(17,18)20-11-7-3-6-10(8-11)12(19)9-4-1-2-5-9;/h3,6-9,12-13H,1-2,4-5,19H2;1H/t12-;/m1./s1. The Bertz CT molecular complexity index is 452. The Hall–Kier alpha value is -1.01. The summed E-state index contributed by atoms with van der Waals surface area (Å²) in [7, 11) is 0. The van der Waals surface area contributed by atoms with Crippen LogP contribution in [-0.4, -0.2) is 12.5 Å². The van der Waals surface area contributed by atoms with Crippen molar-refractivity contribution in [2.75, 3.05) is 0 Å². The zero-order valence-corrected chi connectivity index (χ0v) is 12.1. The van der Waals surface area contributed by atoms with Crippen LogP contribution in [0.25, 0.3) is 0 Å². The Balaban J connectivity index is 0.00000220. The summed E-state index contributed by atoms with van der Waals surface area (Å²) < 4.78 is 54.0. The molecule has 2 rings (SSSR count). The predicted octanol–water partition coefficient (Wildman–Crippen LogP) is 4.54. The van der Waals surface area contributed by atoms with Crippen LogP contribution in [0, 0.1) is 5.92 Å². The summed E-state index contributed by atoms with van der Waals surface area (Å²) in [6, 6.07) is 5.46. The molecule has 1 saturated carbocycles. The molecule has 0 saturated heterocycles. The Morgan fingerprint density at radius 2 is 1.81 bits per heavy atom. The highest BCUT2D eigenvalue weighted by molar-refractivity contribution is 5.85. The van der Waals surface area contributed by atoms with Crippen LogP contribution < -0.4 is 10.5 Å². The smallest absolute Gasteiger partial charge is 0.428 e. The van der Waals surface area contributed by atoms with Crippen molar-refractivity contribution < 1.29 is 22.3 Å². The van der Waals surface area contributed by atoms with Crippen molar-refractivity contribution in [1.29, 1.82) is 0 Å². The molecule has 21 heavy (non-hydrogen) atoms. The number of hydrogen-bond donors (Lipinski definition) is 1. The minimum atomic E-state index is -4.49. The van der Waals surface area contributed by atoms with Gasteiger partial charge in [0.2, 0.25) is 0 Å². The molecule has 0 bridgehead atoms. The normalized spacial score (nSPS) is 17.6. The predicted molar refractivity (Wildman–Crippen MR) is 74.2 cm³/mol. The molecule has 1 aliphatic carbocycles. The summed E-state index contributed by atoms with van der Waals surface area (Å²) in [4.78, 5) is 0. The van der Waals surface area contributed by atoms with E-state index in [2.05, 4.69) is 4.74 Å². The fraction of sp³-hybridized carbons (Fsp3) is 0.571. The fourth-order valence-corrected chi connectivity index (χ4v) is 2.58. The van der Waals surface area contributed by atoms with Crippen LogP contribution in [0.5, 0.6) is 5.75 Å². The Morgan fingerprint density at radius 1 is 1.19 bits per heavy atom. The molecular weight excluding hydrogens is 310 g/mol. The van der Waals surface area contributed by atoms with E-state index in [9.17, 15) is 17.6 Å². The van der Waals surface area contributed by atoms with Crippen LogP contribution >= 0.6 is 12.4 Å². The third-order valence-electron chi connectivity index (χ3n) is 3.66. The van der Waals surface area contributed by atoms with Crippen LogP contribution in [0.4, 0.5) is 17.6 Å². The lowest BCUT2D eigenvalue weighted by atomic mass is 9.92. The van der Waals surface area contributed by atoms with Gasteiger partial charge in [0.1, 0.15) is 5.75 Å². The Labute approximate surface area is 127 Å². The molecule has 7 heteroatoms. The number of nitrogens with two attached hydrogens (primary N) is 1. The molecule has 0 aromatic heterocycles. The van der Waals surface area contributed by atoms with Crippen LogP contribution in [-0.2, 0) is 0 Å². The molecule has 1 aliphatic rings. The minimum Gasteiger partial charge on any atom is -0.428 e. The quantitative estimate of drug-likeness (QED) is 0.806. The first kappa shape index (κ1) is 18.0. The maximum Gasteiger partial charge on any atom is 0.461 e. The molecule has 0 unspecified atom stereocenters. The number of rotatable bonds is 5. The van der Waals surface area contributed by atoms with Crippen molar-refractivity contribution in [3.05, 3.63) is 29.8 Å². The lowest BCUT2D eigenvalue weighted by molar-refractivity contribution is -0.253. The van der Waals surface area contributed by atoms with E-state index in [0.717, 1.165) is 25.7 Å². The van der Waals surface area contributed by atoms with Gasteiger partial charge < -0.3 is 10.5 Å². The van der Waals surface area contributed by atoms with Gasteiger partial charge in [-0.15, -0.1) is 12.4 Å². The number of alkyl halides is 4. The van der Waals surface area contributed by atoms with Gasteiger partial charge in [-0.05, 0) is 36.5 Å². The summed E-state index contributed by atoms with van der Waals surface area (Å²) in [5.74, 6) is 0.0158. The molecule has 0 heterocycles. The molecule has 1 aromatic rings. The lowest BCUT2D eigenvalue weighted by Crippen LogP contribution is -2.33. The van der Waals surface area contributed by atoms with Crippen molar-refractivity contribution >= 4 is 12.4 Å². The van der Waals surface area contributed by atoms with Gasteiger partial charge in [0.25, 0.3) is 0 Å². The third-order valence-corrected chi connectivity index (χ3v) is 3.66. The van der Waals surface area contributed by atoms with Gasteiger partial charge >= 0.3 is 12.5 Å². The highest BCUT2D eigenvalue weighted by Gasteiger charge is 2.44. The first-order valence-corrected chi connectivity index (χ1v) is 6.60. The van der Waals surface area contributed by atoms with E-state index >= 15 is 0 Å².